The largest absolute Gasteiger partial charge is 0.459 e. The smallest absolute Gasteiger partial charge is 0.286 e. The number of β-amino-alcohol motifs (C(OH)–C–C–N with tert-alkyl or cyclic N) is 2. The van der Waals surface area contributed by atoms with Crippen molar-refractivity contribution in [3.63, 3.8) is 0 Å². The number of rotatable bonds is 4. The number of likely N-dealkylation sites (tertiary alicyclic amines) is 1. The maximum Gasteiger partial charge on any atom is 0.286 e. The number of carbonyl (C=O) groups excluding carboxylic acids is 2. The summed E-state index contributed by atoms with van der Waals surface area (Å²) >= 11 is 0. The lowest BCUT2D eigenvalue weighted by Crippen LogP contribution is -2.33. The molecule has 0 aliphatic carbocycles. The topological polar surface area (TPSA) is 103 Å². The molecule has 7 heteroatoms. The van der Waals surface area contributed by atoms with Gasteiger partial charge in [-0.1, -0.05) is 0 Å². The molecule has 1 aliphatic rings. The summed E-state index contributed by atoms with van der Waals surface area (Å²) in [5.41, 5.74) is 0. The van der Waals surface area contributed by atoms with E-state index in [0.29, 0.717) is 0 Å². The van der Waals surface area contributed by atoms with Crippen molar-refractivity contribution in [2.75, 3.05) is 19.6 Å². The third kappa shape index (κ3) is 3.33. The number of amides is 2. The average Bonchev–Trinajstić information content (AvgIpc) is 3.00. The summed E-state index contributed by atoms with van der Waals surface area (Å²) in [7, 11) is 0. The molecule has 0 aromatic carbocycles. The van der Waals surface area contributed by atoms with Crippen LogP contribution < -0.4 is 5.32 Å². The molecule has 2 atom stereocenters. The Kier molecular flexibility index (Phi) is 4.18. The Hall–Kier alpha value is -1.86. The Morgan fingerprint density at radius 2 is 2.05 bits per heavy atom. The van der Waals surface area contributed by atoms with E-state index in [4.69, 9.17) is 4.42 Å². The highest BCUT2D eigenvalue weighted by atomic mass is 16.3. The lowest BCUT2D eigenvalue weighted by Gasteiger charge is -2.15. The van der Waals surface area contributed by atoms with Crippen molar-refractivity contribution < 1.29 is 24.2 Å². The van der Waals surface area contributed by atoms with Gasteiger partial charge in [0, 0.05) is 26.1 Å². The van der Waals surface area contributed by atoms with Gasteiger partial charge in [0.15, 0.2) is 5.76 Å². The molecule has 0 unspecified atom stereocenters. The van der Waals surface area contributed by atoms with E-state index in [9.17, 15) is 19.8 Å². The van der Waals surface area contributed by atoms with E-state index in [-0.39, 0.29) is 43.6 Å². The number of hydrogen-bond acceptors (Lipinski definition) is 5. The number of furan rings is 1. The van der Waals surface area contributed by atoms with Gasteiger partial charge in [-0.15, -0.1) is 0 Å². The van der Waals surface area contributed by atoms with Crippen molar-refractivity contribution in [1.29, 1.82) is 0 Å². The van der Waals surface area contributed by atoms with Gasteiger partial charge in [-0.2, -0.15) is 0 Å². The normalized spacial score (nSPS) is 22.5. The van der Waals surface area contributed by atoms with Gasteiger partial charge < -0.3 is 24.8 Å². The summed E-state index contributed by atoms with van der Waals surface area (Å²) in [6.45, 7) is 0.444. The van der Waals surface area contributed by atoms with E-state index in [1.165, 1.54) is 17.2 Å². The maximum atomic E-state index is 11.7. The van der Waals surface area contributed by atoms with E-state index >= 15 is 0 Å². The molecule has 7 nitrogen and oxygen atoms in total. The van der Waals surface area contributed by atoms with Crippen LogP contribution in [0, 0.1) is 0 Å². The van der Waals surface area contributed by atoms with Gasteiger partial charge in [-0.25, -0.2) is 0 Å². The minimum absolute atomic E-state index is 0.117. The van der Waals surface area contributed by atoms with Crippen LogP contribution in [0.15, 0.2) is 22.8 Å². The van der Waals surface area contributed by atoms with Crippen molar-refractivity contribution in [1.82, 2.24) is 10.2 Å². The first-order valence-electron chi connectivity index (χ1n) is 6.03. The highest BCUT2D eigenvalue weighted by molar-refractivity contribution is 5.91. The molecule has 1 fully saturated rings. The SMILES string of the molecule is O=C(NCCC(=O)N1C[C@@H](O)[C@@H](O)C1)c1ccco1. The van der Waals surface area contributed by atoms with Crippen molar-refractivity contribution in [3.8, 4) is 0 Å². The van der Waals surface area contributed by atoms with Crippen molar-refractivity contribution >= 4 is 11.8 Å². The van der Waals surface area contributed by atoms with Gasteiger partial charge >= 0.3 is 0 Å². The third-order valence-corrected chi connectivity index (χ3v) is 2.98. The molecule has 2 amide bonds. The second kappa shape index (κ2) is 5.85. The zero-order valence-corrected chi connectivity index (χ0v) is 10.3. The standard InChI is InChI=1S/C12H16N2O5/c15-8-6-14(7-9(8)16)11(17)3-4-13-12(18)10-2-1-5-19-10/h1-2,5,8-9,15-16H,3-4,6-7H2,(H,13,18)/t8-,9+. The Labute approximate surface area is 109 Å². The van der Waals surface area contributed by atoms with Crippen LogP contribution in [0.5, 0.6) is 0 Å². The van der Waals surface area contributed by atoms with E-state index in [1.54, 1.807) is 6.07 Å². The van der Waals surface area contributed by atoms with E-state index in [2.05, 4.69) is 5.32 Å². The van der Waals surface area contributed by atoms with Gasteiger partial charge in [-0.05, 0) is 12.1 Å². The van der Waals surface area contributed by atoms with Crippen molar-refractivity contribution in [3.05, 3.63) is 24.2 Å². The number of nitrogens with zero attached hydrogens (tertiary/aromatic N) is 1. The van der Waals surface area contributed by atoms with Gasteiger partial charge in [0.2, 0.25) is 5.91 Å². The molecule has 1 aliphatic heterocycles. The predicted molar refractivity (Wildman–Crippen MR) is 64.3 cm³/mol. The van der Waals surface area contributed by atoms with Crippen LogP contribution >= 0.6 is 0 Å². The number of carbonyl (C=O) groups is 2. The predicted octanol–water partition coefficient (Wildman–Crippen LogP) is -1.04. The van der Waals surface area contributed by atoms with Crippen LogP contribution in [0.4, 0.5) is 0 Å². The molecule has 3 N–H and O–H groups in total. The lowest BCUT2D eigenvalue weighted by atomic mass is 10.3. The first kappa shape index (κ1) is 13.6. The van der Waals surface area contributed by atoms with Crippen LogP contribution in [0.3, 0.4) is 0 Å². The van der Waals surface area contributed by atoms with Crippen LogP contribution in [-0.2, 0) is 4.79 Å². The molecular weight excluding hydrogens is 252 g/mol. The van der Waals surface area contributed by atoms with Crippen LogP contribution in [0.2, 0.25) is 0 Å². The fourth-order valence-electron chi connectivity index (χ4n) is 1.91. The average molecular weight is 268 g/mol. The molecule has 0 saturated carbocycles. The summed E-state index contributed by atoms with van der Waals surface area (Å²) in [6, 6.07) is 3.14. The van der Waals surface area contributed by atoms with Crippen molar-refractivity contribution in [2.45, 2.75) is 18.6 Å². The fraction of sp³-hybridized carbons (Fsp3) is 0.500. The van der Waals surface area contributed by atoms with Gasteiger partial charge in [0.05, 0.1) is 18.5 Å². The molecule has 2 rings (SSSR count). The number of aliphatic hydroxyl groups excluding tert-OH is 2. The molecule has 1 aromatic heterocycles. The minimum atomic E-state index is -0.887. The van der Waals surface area contributed by atoms with E-state index in [0.717, 1.165) is 0 Å². The zero-order valence-electron chi connectivity index (χ0n) is 10.3. The second-order valence-corrected chi connectivity index (χ2v) is 4.42. The molecular formula is C12H16N2O5. The first-order chi connectivity index (χ1) is 9.08. The molecule has 2 heterocycles. The monoisotopic (exact) mass is 268 g/mol. The quantitative estimate of drug-likeness (QED) is 0.647. The first-order valence-corrected chi connectivity index (χ1v) is 6.03. The van der Waals surface area contributed by atoms with Gasteiger partial charge in [0.25, 0.3) is 5.91 Å². The zero-order chi connectivity index (χ0) is 13.8. The summed E-state index contributed by atoms with van der Waals surface area (Å²) < 4.78 is 4.91. The lowest BCUT2D eigenvalue weighted by molar-refractivity contribution is -0.130. The summed E-state index contributed by atoms with van der Waals surface area (Å²) in [5.74, 6) is -0.394. The Morgan fingerprint density at radius 3 is 2.63 bits per heavy atom. The molecule has 104 valence electrons. The van der Waals surface area contributed by atoms with E-state index < -0.39 is 12.2 Å². The number of nitrogens with one attached hydrogen (secondary N) is 1. The molecule has 0 radical (unpaired) electrons. The third-order valence-electron chi connectivity index (χ3n) is 2.98. The summed E-state index contributed by atoms with van der Waals surface area (Å²) in [6.07, 6.45) is -0.262. The molecule has 0 bridgehead atoms. The van der Waals surface area contributed by atoms with Crippen LogP contribution in [0.1, 0.15) is 17.0 Å². The van der Waals surface area contributed by atoms with Gasteiger partial charge in [-0.3, -0.25) is 9.59 Å². The Bertz CT molecular complexity index is 435. The molecule has 0 spiro atoms. The fourth-order valence-corrected chi connectivity index (χ4v) is 1.91. The minimum Gasteiger partial charge on any atom is -0.459 e. The Morgan fingerprint density at radius 1 is 1.37 bits per heavy atom. The molecule has 19 heavy (non-hydrogen) atoms. The Balaban J connectivity index is 1.71. The number of hydrogen-bond donors (Lipinski definition) is 3. The molecule has 1 saturated heterocycles. The van der Waals surface area contributed by atoms with Crippen LogP contribution in [0.25, 0.3) is 0 Å². The molecule has 1 aromatic rings. The highest BCUT2D eigenvalue weighted by Gasteiger charge is 2.32. The van der Waals surface area contributed by atoms with Crippen LogP contribution in [-0.4, -0.2) is 58.8 Å². The van der Waals surface area contributed by atoms with Crippen molar-refractivity contribution in [2.24, 2.45) is 0 Å². The van der Waals surface area contributed by atoms with E-state index in [1.807, 2.05) is 0 Å². The number of aliphatic hydroxyl groups is 2. The second-order valence-electron chi connectivity index (χ2n) is 4.42. The van der Waals surface area contributed by atoms with Gasteiger partial charge in [0.1, 0.15) is 0 Å². The summed E-state index contributed by atoms with van der Waals surface area (Å²) in [5, 5.41) is 21.2. The maximum absolute atomic E-state index is 11.7. The summed E-state index contributed by atoms with van der Waals surface area (Å²) in [4.78, 5) is 24.6. The highest BCUT2D eigenvalue weighted by Crippen LogP contribution is 2.10.